The van der Waals surface area contributed by atoms with Gasteiger partial charge in [-0.1, -0.05) is 0 Å². The van der Waals surface area contributed by atoms with E-state index in [2.05, 4.69) is 9.84 Å². The first-order valence-corrected chi connectivity index (χ1v) is 7.42. The highest BCUT2D eigenvalue weighted by molar-refractivity contribution is 7.59. The van der Waals surface area contributed by atoms with Gasteiger partial charge in [-0.2, -0.15) is 0 Å². The second kappa shape index (κ2) is 6.17. The van der Waals surface area contributed by atoms with Gasteiger partial charge in [0.1, 0.15) is 5.60 Å². The number of ketones is 1. The molecule has 0 aliphatic heterocycles. The number of rotatable bonds is 5. The van der Waals surface area contributed by atoms with Crippen molar-refractivity contribution in [2.45, 2.75) is 26.4 Å². The Morgan fingerprint density at radius 1 is 1.29 bits per heavy atom. The van der Waals surface area contributed by atoms with Crippen LogP contribution in [0.5, 0.6) is 0 Å². The molecule has 0 fully saturated rings. The van der Waals surface area contributed by atoms with Crippen molar-refractivity contribution in [3.8, 4) is 0 Å². The van der Waals surface area contributed by atoms with E-state index >= 15 is 0 Å². The number of hydrogen-bond acceptors (Lipinski definition) is 5. The van der Waals surface area contributed by atoms with Crippen LogP contribution in [0.2, 0.25) is 0 Å². The normalized spacial score (nSPS) is 14.9. The Hall–Kier alpha value is -0.870. The molecule has 1 N–H and O–H groups in total. The van der Waals surface area contributed by atoms with Crippen LogP contribution in [0.15, 0.2) is 0 Å². The summed E-state index contributed by atoms with van der Waals surface area (Å²) < 4.78 is 21.1. The molecule has 0 radical (unpaired) electrons. The molecule has 0 saturated heterocycles. The van der Waals surface area contributed by atoms with Crippen LogP contribution in [-0.2, 0) is 18.6 Å². The minimum atomic E-state index is -2.87. The van der Waals surface area contributed by atoms with Gasteiger partial charge in [0.2, 0.25) is 7.37 Å². The summed E-state index contributed by atoms with van der Waals surface area (Å²) in [6.45, 7) is 6.33. The van der Waals surface area contributed by atoms with E-state index in [9.17, 15) is 14.2 Å². The monoisotopic (exact) mass is 265 g/mol. The largest absolute Gasteiger partial charge is 0.444 e. The van der Waals surface area contributed by atoms with E-state index in [1.165, 1.54) is 13.8 Å². The summed E-state index contributed by atoms with van der Waals surface area (Å²) in [5, 5.41) is 2.30. The Bertz CT molecular complexity index is 334. The van der Waals surface area contributed by atoms with E-state index in [4.69, 9.17) is 4.74 Å². The van der Waals surface area contributed by atoms with Crippen molar-refractivity contribution in [2.75, 3.05) is 26.5 Å². The fraction of sp³-hybridized carbons (Fsp3) is 0.800. The number of alkyl carbamates (subject to hydrolysis) is 1. The molecule has 0 aromatic rings. The third kappa shape index (κ3) is 8.89. The van der Waals surface area contributed by atoms with Gasteiger partial charge in [0.25, 0.3) is 0 Å². The molecular weight excluding hydrogens is 245 g/mol. The summed E-state index contributed by atoms with van der Waals surface area (Å²) >= 11 is 0. The molecule has 6 nitrogen and oxygen atoms in total. The number of carbonyl (C=O) groups is 2. The number of amides is 1. The summed E-state index contributed by atoms with van der Waals surface area (Å²) in [5.74, 6) is -0.358. The summed E-state index contributed by atoms with van der Waals surface area (Å²) in [5.41, 5.74) is -0.611. The van der Waals surface area contributed by atoms with E-state index in [1.807, 2.05) is 0 Å². The van der Waals surface area contributed by atoms with Gasteiger partial charge in [-0.05, 0) is 20.8 Å². The zero-order valence-corrected chi connectivity index (χ0v) is 11.8. The van der Waals surface area contributed by atoms with Gasteiger partial charge in [0, 0.05) is 13.8 Å². The van der Waals surface area contributed by atoms with E-state index in [0.717, 1.165) is 0 Å². The molecule has 7 heteroatoms. The van der Waals surface area contributed by atoms with Crippen LogP contribution in [0.3, 0.4) is 0 Å². The first kappa shape index (κ1) is 16.1. The fourth-order valence-electron chi connectivity index (χ4n) is 0.926. The predicted octanol–water partition coefficient (Wildman–Crippen LogP) is 1.63. The maximum absolute atomic E-state index is 11.5. The summed E-state index contributed by atoms with van der Waals surface area (Å²) in [6.07, 6.45) is -0.867. The third-order valence-electron chi connectivity index (χ3n) is 1.68. The van der Waals surface area contributed by atoms with Crippen molar-refractivity contribution in [1.29, 1.82) is 0 Å². The highest BCUT2D eigenvalue weighted by Gasteiger charge is 2.21. The molecule has 0 rings (SSSR count). The summed E-state index contributed by atoms with van der Waals surface area (Å²) in [4.78, 5) is 22.6. The lowest BCUT2D eigenvalue weighted by Gasteiger charge is -2.19. The average molecular weight is 265 g/mol. The lowest BCUT2D eigenvalue weighted by molar-refractivity contribution is -0.116. The van der Waals surface area contributed by atoms with E-state index in [-0.39, 0.29) is 18.5 Å². The predicted molar refractivity (Wildman–Crippen MR) is 64.7 cm³/mol. The number of Topliss-reactive ketones (excluding diaryl/α,β-unsaturated/α-hetero) is 1. The molecule has 17 heavy (non-hydrogen) atoms. The minimum absolute atomic E-state index is 0.195. The molecule has 0 bridgehead atoms. The maximum atomic E-state index is 11.5. The van der Waals surface area contributed by atoms with Gasteiger partial charge in [0.05, 0.1) is 12.7 Å². The van der Waals surface area contributed by atoms with Gasteiger partial charge in [0.15, 0.2) is 5.78 Å². The van der Waals surface area contributed by atoms with Gasteiger partial charge in [-0.15, -0.1) is 0 Å². The second-order valence-electron chi connectivity index (χ2n) is 4.75. The molecule has 0 aliphatic rings. The highest BCUT2D eigenvalue weighted by Crippen LogP contribution is 2.40. The lowest BCUT2D eigenvalue weighted by atomic mass is 10.2. The van der Waals surface area contributed by atoms with Gasteiger partial charge in [-0.3, -0.25) is 9.36 Å². The quantitative estimate of drug-likeness (QED) is 0.764. The molecule has 0 aromatic heterocycles. The van der Waals surface area contributed by atoms with Crippen LogP contribution in [0.1, 0.15) is 20.8 Å². The second-order valence-corrected chi connectivity index (χ2v) is 7.46. The molecule has 0 spiro atoms. The van der Waals surface area contributed by atoms with Crippen molar-refractivity contribution < 1.29 is 23.4 Å². The molecule has 0 heterocycles. The van der Waals surface area contributed by atoms with Crippen LogP contribution in [0.4, 0.5) is 4.79 Å². The van der Waals surface area contributed by atoms with Crippen LogP contribution >= 0.6 is 7.37 Å². The Labute approximate surface area is 101 Å². The Morgan fingerprint density at radius 2 is 1.82 bits per heavy atom. The molecule has 1 atom stereocenters. The highest BCUT2D eigenvalue weighted by atomic mass is 31.2. The first-order valence-electron chi connectivity index (χ1n) is 5.16. The molecule has 0 aliphatic carbocycles. The Balaban J connectivity index is 4.02. The van der Waals surface area contributed by atoms with Crippen molar-refractivity contribution in [2.24, 2.45) is 0 Å². The standard InChI is InChI=1S/C10H20NO5P/c1-10(2,3)16-9(13)11-6-8(12)7-17(5,14)15-4/h6-7H2,1-5H3,(H,11,13). The number of hydrogen-bond donors (Lipinski definition) is 1. The molecule has 1 amide bonds. The summed E-state index contributed by atoms with van der Waals surface area (Å²) in [7, 11) is -1.59. The van der Waals surface area contributed by atoms with Crippen LogP contribution < -0.4 is 5.32 Å². The molecular formula is C10H20NO5P. The Kier molecular flexibility index (Phi) is 5.85. The van der Waals surface area contributed by atoms with Crippen molar-refractivity contribution >= 4 is 19.2 Å². The minimum Gasteiger partial charge on any atom is -0.444 e. The topological polar surface area (TPSA) is 81.7 Å². The third-order valence-corrected chi connectivity index (χ3v) is 3.38. The number of nitrogens with one attached hydrogen (secondary N) is 1. The maximum Gasteiger partial charge on any atom is 0.408 e. The zero-order chi connectivity index (χ0) is 13.7. The summed E-state index contributed by atoms with van der Waals surface area (Å²) in [6, 6.07) is 0. The van der Waals surface area contributed by atoms with Crippen molar-refractivity contribution in [3.05, 3.63) is 0 Å². The number of ether oxygens (including phenoxy) is 1. The number of carbonyl (C=O) groups excluding carboxylic acids is 2. The first-order chi connectivity index (χ1) is 7.56. The van der Waals surface area contributed by atoms with E-state index < -0.39 is 19.1 Å². The lowest BCUT2D eigenvalue weighted by Crippen LogP contribution is -2.36. The van der Waals surface area contributed by atoms with Gasteiger partial charge >= 0.3 is 6.09 Å². The molecule has 0 saturated carbocycles. The van der Waals surface area contributed by atoms with Crippen molar-refractivity contribution in [3.63, 3.8) is 0 Å². The molecule has 1 unspecified atom stereocenters. The van der Waals surface area contributed by atoms with Crippen molar-refractivity contribution in [1.82, 2.24) is 5.32 Å². The van der Waals surface area contributed by atoms with Crippen LogP contribution in [0, 0.1) is 0 Å². The SMILES string of the molecule is COP(C)(=O)CC(=O)CNC(=O)OC(C)(C)C. The van der Waals surface area contributed by atoms with Gasteiger partial charge < -0.3 is 14.6 Å². The van der Waals surface area contributed by atoms with Crippen LogP contribution in [0.25, 0.3) is 0 Å². The fourth-order valence-corrected chi connectivity index (χ4v) is 1.81. The van der Waals surface area contributed by atoms with E-state index in [1.54, 1.807) is 20.8 Å². The average Bonchev–Trinajstić information content (AvgIpc) is 2.11. The molecule has 0 aromatic carbocycles. The van der Waals surface area contributed by atoms with E-state index in [0.29, 0.717) is 0 Å². The zero-order valence-electron chi connectivity index (χ0n) is 10.9. The van der Waals surface area contributed by atoms with Crippen LogP contribution in [-0.4, -0.2) is 44.0 Å². The molecule has 100 valence electrons. The smallest absolute Gasteiger partial charge is 0.408 e. The Morgan fingerprint density at radius 3 is 2.24 bits per heavy atom. The van der Waals surface area contributed by atoms with Gasteiger partial charge in [-0.25, -0.2) is 4.79 Å².